The predicted octanol–water partition coefficient (Wildman–Crippen LogP) is 3.84. The van der Waals surface area contributed by atoms with Crippen LogP contribution in [0.2, 0.25) is 5.02 Å². The zero-order chi connectivity index (χ0) is 26.2. The van der Waals surface area contributed by atoms with E-state index in [-0.39, 0.29) is 35.0 Å². The number of aryl methyl sites for hydroxylation is 1. The number of amides is 3. The zero-order valence-electron chi connectivity index (χ0n) is 21.0. The molecule has 0 saturated carbocycles. The van der Waals surface area contributed by atoms with Crippen molar-refractivity contribution in [3.8, 4) is 11.5 Å². The van der Waals surface area contributed by atoms with Gasteiger partial charge in [-0.1, -0.05) is 11.6 Å². The van der Waals surface area contributed by atoms with E-state index in [1.807, 2.05) is 26.2 Å². The number of pyridine rings is 1. The van der Waals surface area contributed by atoms with Crippen molar-refractivity contribution in [1.29, 1.82) is 0 Å². The van der Waals surface area contributed by atoms with Crippen molar-refractivity contribution in [2.45, 2.75) is 50.8 Å². The summed E-state index contributed by atoms with van der Waals surface area (Å²) in [5, 5.41) is 5.78. The van der Waals surface area contributed by atoms with Crippen LogP contribution in [0.1, 0.15) is 46.9 Å². The molecule has 194 valence electrons. The molecule has 2 aromatic rings. The number of nitrogens with one attached hydrogen (secondary N) is 3. The van der Waals surface area contributed by atoms with E-state index in [1.165, 1.54) is 11.8 Å². The number of thioether (sulfide) groups is 1. The molecule has 0 bridgehead atoms. The molecule has 2 aliphatic rings. The molecule has 3 amide bonds. The second kappa shape index (κ2) is 10.3. The van der Waals surface area contributed by atoms with Crippen LogP contribution in [0, 0.1) is 19.8 Å². The Labute approximate surface area is 219 Å². The topological polar surface area (TPSA) is 113 Å². The number of aromatic nitrogens is 1. The number of benzene rings is 1. The fourth-order valence-corrected chi connectivity index (χ4v) is 5.75. The number of hydrogen-bond donors (Lipinski definition) is 3. The summed E-state index contributed by atoms with van der Waals surface area (Å²) >= 11 is 8.00. The highest BCUT2D eigenvalue weighted by atomic mass is 35.5. The van der Waals surface area contributed by atoms with Gasteiger partial charge in [-0.3, -0.25) is 9.59 Å². The SMILES string of the molecule is CNC(=O)N1CCC([C@@]2(C)Oc3c(Cl)cc(C(=O)NCc4c(SC)cc(C)[nH]c4=O)c(C)c3O2)CC1. The number of rotatable bonds is 5. The van der Waals surface area contributed by atoms with Crippen molar-refractivity contribution in [2.75, 3.05) is 26.4 Å². The van der Waals surface area contributed by atoms with Crippen LogP contribution in [0.3, 0.4) is 0 Å². The Morgan fingerprint density at radius 3 is 2.53 bits per heavy atom. The molecular weight excluding hydrogens is 504 g/mol. The van der Waals surface area contributed by atoms with E-state index in [9.17, 15) is 14.4 Å². The van der Waals surface area contributed by atoms with Gasteiger partial charge < -0.3 is 30.0 Å². The number of piperidine rings is 1. The molecule has 3 heterocycles. The van der Waals surface area contributed by atoms with Crippen LogP contribution in [-0.4, -0.2) is 54.0 Å². The number of carbonyl (C=O) groups is 2. The molecule has 9 nitrogen and oxygen atoms in total. The Bertz CT molecular complexity index is 1260. The van der Waals surface area contributed by atoms with Gasteiger partial charge in [0.2, 0.25) is 0 Å². The van der Waals surface area contributed by atoms with Crippen LogP contribution in [-0.2, 0) is 6.54 Å². The third-order valence-electron chi connectivity index (χ3n) is 6.91. The summed E-state index contributed by atoms with van der Waals surface area (Å²) in [6.07, 6.45) is 3.32. The molecule has 2 aliphatic heterocycles. The maximum absolute atomic E-state index is 13.1. The number of hydrogen-bond acceptors (Lipinski definition) is 6. The molecule has 1 atom stereocenters. The van der Waals surface area contributed by atoms with E-state index in [0.29, 0.717) is 54.1 Å². The minimum Gasteiger partial charge on any atom is -0.448 e. The average Bonchev–Trinajstić information content (AvgIpc) is 3.24. The fraction of sp³-hybridized carbons (Fsp3) is 0.480. The predicted molar refractivity (Wildman–Crippen MR) is 139 cm³/mol. The standard InChI is InChI=1S/C25H31ClN4O5S/c1-13-10-19(36-5)17(23(32)29-13)12-28-22(31)16-11-18(26)21-20(14(16)2)34-25(3,35-21)15-6-8-30(9-7-15)24(33)27-4/h10-11,15H,6-9,12H2,1-5H3,(H,27,33)(H,28,31)(H,29,32)/t25-/m1/s1. The number of halogens is 1. The summed E-state index contributed by atoms with van der Waals surface area (Å²) < 4.78 is 12.6. The summed E-state index contributed by atoms with van der Waals surface area (Å²) in [5.41, 5.74) is 2.01. The lowest BCUT2D eigenvalue weighted by Crippen LogP contribution is -2.51. The van der Waals surface area contributed by atoms with E-state index < -0.39 is 5.79 Å². The van der Waals surface area contributed by atoms with E-state index >= 15 is 0 Å². The monoisotopic (exact) mass is 534 g/mol. The molecule has 11 heteroatoms. The van der Waals surface area contributed by atoms with Gasteiger partial charge in [-0.05, 0) is 45.1 Å². The highest BCUT2D eigenvalue weighted by Crippen LogP contribution is 2.51. The van der Waals surface area contributed by atoms with Crippen molar-refractivity contribution >= 4 is 35.3 Å². The summed E-state index contributed by atoms with van der Waals surface area (Å²) in [4.78, 5) is 42.9. The Balaban J connectivity index is 1.51. The van der Waals surface area contributed by atoms with Gasteiger partial charge in [0.15, 0.2) is 11.5 Å². The first-order valence-corrected chi connectivity index (χ1v) is 13.4. The van der Waals surface area contributed by atoms with Crippen molar-refractivity contribution in [2.24, 2.45) is 5.92 Å². The Kier molecular flexibility index (Phi) is 7.47. The van der Waals surface area contributed by atoms with Crippen molar-refractivity contribution in [3.63, 3.8) is 0 Å². The summed E-state index contributed by atoms with van der Waals surface area (Å²) in [6, 6.07) is 3.36. The third-order valence-corrected chi connectivity index (χ3v) is 7.99. The number of ether oxygens (including phenoxy) is 2. The number of H-pyrrole nitrogens is 1. The summed E-state index contributed by atoms with van der Waals surface area (Å²) in [6.45, 7) is 6.76. The number of urea groups is 1. The van der Waals surface area contributed by atoms with Crippen LogP contribution in [0.25, 0.3) is 0 Å². The molecule has 1 saturated heterocycles. The van der Waals surface area contributed by atoms with Gasteiger partial charge in [-0.2, -0.15) is 0 Å². The van der Waals surface area contributed by atoms with Gasteiger partial charge in [0, 0.05) is 66.8 Å². The molecular formula is C25H31ClN4O5S. The Morgan fingerprint density at radius 1 is 1.22 bits per heavy atom. The van der Waals surface area contributed by atoms with Crippen LogP contribution in [0.5, 0.6) is 11.5 Å². The second-order valence-corrected chi connectivity index (χ2v) is 10.5. The summed E-state index contributed by atoms with van der Waals surface area (Å²) in [7, 11) is 1.62. The largest absolute Gasteiger partial charge is 0.448 e. The summed E-state index contributed by atoms with van der Waals surface area (Å²) in [5.74, 6) is -0.413. The molecule has 0 aliphatic carbocycles. The lowest BCUT2D eigenvalue weighted by atomic mass is 9.89. The van der Waals surface area contributed by atoms with Gasteiger partial charge in [0.1, 0.15) is 0 Å². The maximum atomic E-state index is 13.1. The molecule has 0 radical (unpaired) electrons. The van der Waals surface area contributed by atoms with Crippen molar-refractivity contribution in [3.05, 3.63) is 49.9 Å². The van der Waals surface area contributed by atoms with Crippen LogP contribution >= 0.6 is 23.4 Å². The average molecular weight is 535 g/mol. The molecule has 4 rings (SSSR count). The number of aromatic amines is 1. The minimum atomic E-state index is -0.955. The van der Waals surface area contributed by atoms with E-state index in [2.05, 4.69) is 15.6 Å². The molecule has 1 fully saturated rings. The van der Waals surface area contributed by atoms with Gasteiger partial charge >= 0.3 is 6.03 Å². The molecule has 3 N–H and O–H groups in total. The second-order valence-electron chi connectivity index (χ2n) is 9.24. The molecule has 1 aromatic heterocycles. The molecule has 0 unspecified atom stereocenters. The van der Waals surface area contributed by atoms with Gasteiger partial charge in [-0.15, -0.1) is 11.8 Å². The zero-order valence-corrected chi connectivity index (χ0v) is 22.6. The Morgan fingerprint density at radius 2 is 1.89 bits per heavy atom. The van der Waals surface area contributed by atoms with Crippen LogP contribution < -0.4 is 25.7 Å². The number of likely N-dealkylation sites (tertiary alicyclic amines) is 1. The Hall–Kier alpha value is -2.85. The quantitative estimate of drug-likeness (QED) is 0.502. The van der Waals surface area contributed by atoms with Crippen molar-refractivity contribution < 1.29 is 19.1 Å². The number of carbonyl (C=O) groups excluding carboxylic acids is 2. The smallest absolute Gasteiger partial charge is 0.317 e. The van der Waals surface area contributed by atoms with E-state index in [0.717, 1.165) is 10.6 Å². The number of fused-ring (bicyclic) bond motifs is 1. The minimum absolute atomic E-state index is 0.0387. The lowest BCUT2D eigenvalue weighted by molar-refractivity contribution is -0.122. The van der Waals surface area contributed by atoms with E-state index in [1.54, 1.807) is 24.9 Å². The maximum Gasteiger partial charge on any atom is 0.317 e. The molecule has 0 spiro atoms. The van der Waals surface area contributed by atoms with Crippen LogP contribution in [0.4, 0.5) is 4.79 Å². The third kappa shape index (κ3) is 4.88. The molecule has 1 aromatic carbocycles. The fourth-order valence-electron chi connectivity index (χ4n) is 4.81. The highest BCUT2D eigenvalue weighted by Gasteiger charge is 2.47. The lowest BCUT2D eigenvalue weighted by Gasteiger charge is -2.38. The first-order chi connectivity index (χ1) is 17.1. The van der Waals surface area contributed by atoms with Crippen LogP contribution in [0.15, 0.2) is 21.8 Å². The van der Waals surface area contributed by atoms with Gasteiger partial charge in [-0.25, -0.2) is 4.79 Å². The normalized spacial score (nSPS) is 19.3. The van der Waals surface area contributed by atoms with Crippen molar-refractivity contribution in [1.82, 2.24) is 20.5 Å². The van der Waals surface area contributed by atoms with Gasteiger partial charge in [0.25, 0.3) is 17.3 Å². The molecule has 36 heavy (non-hydrogen) atoms. The van der Waals surface area contributed by atoms with E-state index in [4.69, 9.17) is 21.1 Å². The van der Waals surface area contributed by atoms with Gasteiger partial charge in [0.05, 0.1) is 5.02 Å². The first-order valence-electron chi connectivity index (χ1n) is 11.8. The number of nitrogens with zero attached hydrogens (tertiary/aromatic N) is 1. The highest BCUT2D eigenvalue weighted by molar-refractivity contribution is 7.98. The first kappa shape index (κ1) is 26.2.